The van der Waals surface area contributed by atoms with E-state index in [-0.39, 0.29) is 47.2 Å². The molecular formula is C52H84O23. The summed E-state index contributed by atoms with van der Waals surface area (Å²) >= 11 is 0. The molecule has 8 fully saturated rings. The standard InChI is InChI=1S/C52H84O23/c1-47(2)16-22-21-8-9-27-49(4)12-11-28(71-46-39(33(61)32(60)38(73-46)42(66)67)74-43-34(62)29(57)23(55)18-68-43)50(5,20-54)26(49)10-13-52(27,7)51(21,6)15-14-48(22,3)41(40(47)65)75-44-36(64)37(24(56)19-69-44)72-45-35(63)31(59)30(58)25(17-53)70-45/h8,22-41,43-46,53-65H,9-20H2,1-7H3,(H,66,67). The first-order valence-corrected chi connectivity index (χ1v) is 26.8. The Hall–Kier alpha value is -1.63. The Morgan fingerprint density at radius 3 is 1.91 bits per heavy atom. The largest absolute Gasteiger partial charge is 0.479 e. The van der Waals surface area contributed by atoms with E-state index in [0.29, 0.717) is 38.5 Å². The van der Waals surface area contributed by atoms with Crippen molar-refractivity contribution in [3.8, 4) is 0 Å². The van der Waals surface area contributed by atoms with E-state index in [1.807, 2.05) is 20.8 Å². The minimum atomic E-state index is -1.98. The van der Waals surface area contributed by atoms with Crippen molar-refractivity contribution in [1.82, 2.24) is 0 Å². The van der Waals surface area contributed by atoms with Crippen LogP contribution in [0.1, 0.15) is 99.8 Å². The summed E-state index contributed by atoms with van der Waals surface area (Å²) in [5, 5.41) is 151. The average Bonchev–Trinajstić information content (AvgIpc) is 3.36. The molecule has 0 amide bonds. The van der Waals surface area contributed by atoms with Crippen molar-refractivity contribution >= 4 is 5.97 Å². The zero-order valence-corrected chi connectivity index (χ0v) is 43.9. The number of carboxylic acid groups (broad SMARTS) is 1. The van der Waals surface area contributed by atoms with E-state index >= 15 is 0 Å². The molecule has 9 rings (SSSR count). The minimum Gasteiger partial charge on any atom is -0.479 e. The van der Waals surface area contributed by atoms with Gasteiger partial charge in [-0.15, -0.1) is 0 Å². The van der Waals surface area contributed by atoms with Gasteiger partial charge in [0.1, 0.15) is 79.4 Å². The molecule has 4 aliphatic heterocycles. The van der Waals surface area contributed by atoms with Crippen LogP contribution in [0.15, 0.2) is 11.6 Å². The molecule has 4 saturated carbocycles. The van der Waals surface area contributed by atoms with Gasteiger partial charge in [-0.2, -0.15) is 0 Å². The van der Waals surface area contributed by atoms with Gasteiger partial charge < -0.3 is 109 Å². The number of hydrogen-bond acceptors (Lipinski definition) is 22. The molecule has 0 aromatic heterocycles. The normalized spacial score (nSPS) is 55.9. The number of allylic oxidation sites excluding steroid dienone is 2. The van der Waals surface area contributed by atoms with E-state index in [4.69, 9.17) is 37.9 Å². The number of aliphatic hydroxyl groups is 13. The second-order valence-electron chi connectivity index (χ2n) is 25.5. The van der Waals surface area contributed by atoms with Crippen LogP contribution in [0.2, 0.25) is 0 Å². The summed E-state index contributed by atoms with van der Waals surface area (Å²) < 4.78 is 47.9. The number of carbonyl (C=O) groups is 1. The smallest absolute Gasteiger partial charge is 0.335 e. The molecule has 0 aromatic rings. The predicted molar refractivity (Wildman–Crippen MR) is 254 cm³/mol. The summed E-state index contributed by atoms with van der Waals surface area (Å²) in [5.74, 6) is -1.68. The van der Waals surface area contributed by atoms with Crippen LogP contribution in [0.3, 0.4) is 0 Å². The third-order valence-corrected chi connectivity index (χ3v) is 21.1. The second-order valence-corrected chi connectivity index (χ2v) is 25.5. The minimum absolute atomic E-state index is 0.0927. The van der Waals surface area contributed by atoms with Crippen molar-refractivity contribution in [3.05, 3.63) is 11.6 Å². The number of aliphatic hydroxyl groups excluding tert-OH is 13. The Balaban J connectivity index is 0.954. The molecule has 23 heteroatoms. The van der Waals surface area contributed by atoms with Gasteiger partial charge in [-0.25, -0.2) is 4.79 Å². The van der Waals surface area contributed by atoms with Crippen molar-refractivity contribution in [2.45, 2.75) is 229 Å². The summed E-state index contributed by atoms with van der Waals surface area (Å²) in [6.07, 6.45) is -24.9. The van der Waals surface area contributed by atoms with Crippen LogP contribution >= 0.6 is 0 Å². The molecule has 23 nitrogen and oxygen atoms in total. The van der Waals surface area contributed by atoms with Gasteiger partial charge in [0.05, 0.1) is 44.7 Å². The zero-order chi connectivity index (χ0) is 54.9. The fraction of sp³-hybridized carbons (Fsp3) is 0.942. The fourth-order valence-corrected chi connectivity index (χ4v) is 16.2. The molecule has 0 radical (unpaired) electrons. The number of ether oxygens (including phenoxy) is 8. The van der Waals surface area contributed by atoms with Crippen molar-refractivity contribution in [2.24, 2.45) is 50.2 Å². The quantitative estimate of drug-likeness (QED) is 0.0768. The Bertz CT molecular complexity index is 2080. The maximum Gasteiger partial charge on any atom is 0.335 e. The van der Waals surface area contributed by atoms with E-state index in [2.05, 4.69) is 33.8 Å². The first-order valence-electron chi connectivity index (χ1n) is 26.8. The van der Waals surface area contributed by atoms with Gasteiger partial charge in [-0.1, -0.05) is 60.1 Å². The molecule has 4 saturated heterocycles. The van der Waals surface area contributed by atoms with Crippen LogP contribution in [0.25, 0.3) is 0 Å². The molecule has 75 heavy (non-hydrogen) atoms. The maximum atomic E-state index is 12.3. The Morgan fingerprint density at radius 1 is 0.613 bits per heavy atom. The van der Waals surface area contributed by atoms with Crippen LogP contribution in [0.4, 0.5) is 0 Å². The van der Waals surface area contributed by atoms with E-state index < -0.39 is 164 Å². The van der Waals surface area contributed by atoms with Crippen LogP contribution in [0, 0.1) is 50.2 Å². The number of fused-ring (bicyclic) bond motifs is 7. The molecule has 29 unspecified atom stereocenters. The maximum absolute atomic E-state index is 12.3. The highest BCUT2D eigenvalue weighted by atomic mass is 16.8. The lowest BCUT2D eigenvalue weighted by atomic mass is 9.33. The lowest BCUT2D eigenvalue weighted by molar-refractivity contribution is -0.367. The highest BCUT2D eigenvalue weighted by molar-refractivity contribution is 5.73. The topological polar surface area (TPSA) is 374 Å². The van der Waals surface area contributed by atoms with Gasteiger partial charge in [-0.05, 0) is 90.8 Å². The summed E-state index contributed by atoms with van der Waals surface area (Å²) in [7, 11) is 0. The molecule has 0 bridgehead atoms. The average molecular weight is 1080 g/mol. The van der Waals surface area contributed by atoms with E-state index in [1.54, 1.807) is 0 Å². The Kier molecular flexibility index (Phi) is 16.0. The van der Waals surface area contributed by atoms with Gasteiger partial charge in [0.2, 0.25) is 0 Å². The van der Waals surface area contributed by atoms with Crippen LogP contribution in [0.5, 0.6) is 0 Å². The molecular weight excluding hydrogens is 993 g/mol. The van der Waals surface area contributed by atoms with Crippen LogP contribution in [-0.4, -0.2) is 233 Å². The van der Waals surface area contributed by atoms with Gasteiger partial charge in [0.25, 0.3) is 0 Å². The Labute approximate surface area is 436 Å². The van der Waals surface area contributed by atoms with Gasteiger partial charge in [-0.3, -0.25) is 0 Å². The summed E-state index contributed by atoms with van der Waals surface area (Å²) in [6.45, 7) is 13.2. The van der Waals surface area contributed by atoms with Crippen molar-refractivity contribution in [2.75, 3.05) is 26.4 Å². The first-order chi connectivity index (χ1) is 35.0. The lowest BCUT2D eigenvalue weighted by Gasteiger charge is -2.72. The van der Waals surface area contributed by atoms with E-state index in [9.17, 15) is 76.3 Å². The van der Waals surface area contributed by atoms with E-state index in [0.717, 1.165) is 12.8 Å². The SMILES string of the molecule is CC1(C)CC2C3=CCC4C5(C)CCC(OC6OC(C(=O)O)C(O)C(O)C6OC6OCC(O)C(O)C6O)C(C)(CO)C5CCC4(C)C3(C)CCC2(C)C(OC2OCC(O)C(OC3OC(CO)C(O)C(O)C3O)C2O)C1O. The highest BCUT2D eigenvalue weighted by Crippen LogP contribution is 2.76. The van der Waals surface area contributed by atoms with Crippen molar-refractivity contribution in [3.63, 3.8) is 0 Å². The summed E-state index contributed by atoms with van der Waals surface area (Å²) in [6, 6.07) is 0. The van der Waals surface area contributed by atoms with Crippen LogP contribution < -0.4 is 0 Å². The third-order valence-electron chi connectivity index (χ3n) is 21.1. The first kappa shape index (κ1) is 58.0. The Morgan fingerprint density at radius 2 is 1.25 bits per heavy atom. The molecule has 29 atom stereocenters. The number of hydrogen-bond donors (Lipinski definition) is 14. The van der Waals surface area contributed by atoms with E-state index in [1.165, 1.54) is 5.57 Å². The number of carboxylic acids is 1. The molecule has 0 spiro atoms. The monoisotopic (exact) mass is 1080 g/mol. The highest BCUT2D eigenvalue weighted by Gasteiger charge is 2.71. The number of aliphatic carboxylic acids is 1. The molecule has 9 aliphatic rings. The van der Waals surface area contributed by atoms with Crippen molar-refractivity contribution < 1.29 is 114 Å². The molecule has 14 N–H and O–H groups in total. The van der Waals surface area contributed by atoms with Gasteiger partial charge >= 0.3 is 5.97 Å². The summed E-state index contributed by atoms with van der Waals surface area (Å²) in [4.78, 5) is 12.3. The second kappa shape index (κ2) is 20.7. The van der Waals surface area contributed by atoms with Crippen molar-refractivity contribution in [1.29, 1.82) is 0 Å². The molecule has 430 valence electrons. The van der Waals surface area contributed by atoms with Gasteiger partial charge in [0, 0.05) is 10.8 Å². The molecule has 5 aliphatic carbocycles. The van der Waals surface area contributed by atoms with Gasteiger partial charge in [0.15, 0.2) is 31.3 Å². The third kappa shape index (κ3) is 9.20. The lowest BCUT2D eigenvalue weighted by Crippen LogP contribution is -2.69. The number of rotatable bonds is 11. The molecule has 0 aromatic carbocycles. The summed E-state index contributed by atoms with van der Waals surface area (Å²) in [5.41, 5.74) is -2.02. The molecule has 4 heterocycles. The fourth-order valence-electron chi connectivity index (χ4n) is 16.2. The zero-order valence-electron chi connectivity index (χ0n) is 43.9. The van der Waals surface area contributed by atoms with Crippen LogP contribution in [-0.2, 0) is 42.7 Å². The predicted octanol–water partition coefficient (Wildman–Crippen LogP) is -2.25.